The fourth-order valence-electron chi connectivity index (χ4n) is 4.97. The van der Waals surface area contributed by atoms with Gasteiger partial charge in [-0.3, -0.25) is 9.59 Å². The number of carbonyl (C=O) groups is 2. The maximum Gasteiger partial charge on any atom is 0.261 e. The van der Waals surface area contributed by atoms with Crippen molar-refractivity contribution in [1.29, 1.82) is 0 Å². The highest BCUT2D eigenvalue weighted by atomic mass is 35.5. The van der Waals surface area contributed by atoms with Crippen LogP contribution < -0.4 is 10.1 Å². The molecule has 2 amide bonds. The van der Waals surface area contributed by atoms with Crippen LogP contribution in [0.3, 0.4) is 0 Å². The Balaban J connectivity index is 1.64. The number of ether oxygens (including phenoxy) is 1. The van der Waals surface area contributed by atoms with Crippen molar-refractivity contribution in [2.45, 2.75) is 64.6 Å². The first-order chi connectivity index (χ1) is 18.7. The molecule has 8 heteroatoms. The van der Waals surface area contributed by atoms with Crippen molar-refractivity contribution in [3.05, 3.63) is 98.0 Å². The highest BCUT2D eigenvalue weighted by Gasteiger charge is 2.32. The van der Waals surface area contributed by atoms with Crippen molar-refractivity contribution >= 4 is 46.6 Å². The van der Waals surface area contributed by atoms with Crippen LogP contribution in [-0.2, 0) is 22.6 Å². The van der Waals surface area contributed by atoms with Crippen LogP contribution in [0.4, 0.5) is 0 Å². The van der Waals surface area contributed by atoms with E-state index in [1.54, 1.807) is 29.2 Å². The molecule has 1 fully saturated rings. The van der Waals surface area contributed by atoms with Crippen LogP contribution in [0, 0.1) is 13.8 Å². The van der Waals surface area contributed by atoms with Gasteiger partial charge < -0.3 is 15.0 Å². The van der Waals surface area contributed by atoms with Crippen molar-refractivity contribution in [2.75, 3.05) is 6.61 Å². The van der Waals surface area contributed by atoms with Gasteiger partial charge in [0.2, 0.25) is 5.91 Å². The Morgan fingerprint density at radius 1 is 0.923 bits per heavy atom. The van der Waals surface area contributed by atoms with Crippen LogP contribution in [0.1, 0.15) is 47.9 Å². The molecule has 1 saturated carbocycles. The molecule has 39 heavy (non-hydrogen) atoms. The number of amides is 2. The molecule has 0 spiro atoms. The van der Waals surface area contributed by atoms with Gasteiger partial charge in [0, 0.05) is 24.0 Å². The third-order valence-electron chi connectivity index (χ3n) is 7.08. The predicted octanol–water partition coefficient (Wildman–Crippen LogP) is 7.34. The lowest BCUT2D eigenvalue weighted by Crippen LogP contribution is -2.53. The molecule has 4 rings (SSSR count). The zero-order chi connectivity index (χ0) is 27.9. The number of rotatable bonds is 10. The molecule has 1 unspecified atom stereocenters. The van der Waals surface area contributed by atoms with Crippen LogP contribution in [0.2, 0.25) is 15.1 Å². The first kappa shape index (κ1) is 29.3. The minimum Gasteiger partial charge on any atom is -0.484 e. The summed E-state index contributed by atoms with van der Waals surface area (Å²) in [5.41, 5.74) is 3.46. The third kappa shape index (κ3) is 7.91. The predicted molar refractivity (Wildman–Crippen MR) is 158 cm³/mol. The maximum atomic E-state index is 13.8. The number of hydrogen-bond donors (Lipinski definition) is 1. The van der Waals surface area contributed by atoms with Crippen LogP contribution in [-0.4, -0.2) is 35.4 Å². The quantitative estimate of drug-likeness (QED) is 0.270. The van der Waals surface area contributed by atoms with Crippen LogP contribution in [0.15, 0.2) is 60.7 Å². The minimum absolute atomic E-state index is 0.119. The smallest absolute Gasteiger partial charge is 0.261 e. The summed E-state index contributed by atoms with van der Waals surface area (Å²) in [4.78, 5) is 29.2. The highest BCUT2D eigenvalue weighted by Crippen LogP contribution is 2.27. The van der Waals surface area contributed by atoms with Gasteiger partial charge in [-0.25, -0.2) is 0 Å². The van der Waals surface area contributed by atoms with E-state index in [1.807, 2.05) is 50.2 Å². The van der Waals surface area contributed by atoms with E-state index in [2.05, 4.69) is 5.32 Å². The monoisotopic (exact) mass is 586 g/mol. The van der Waals surface area contributed by atoms with E-state index in [0.29, 0.717) is 27.2 Å². The lowest BCUT2D eigenvalue weighted by molar-refractivity contribution is -0.143. The molecule has 1 aliphatic carbocycles. The van der Waals surface area contributed by atoms with E-state index in [4.69, 9.17) is 39.5 Å². The van der Waals surface area contributed by atoms with Gasteiger partial charge in [-0.2, -0.15) is 0 Å². The zero-order valence-corrected chi connectivity index (χ0v) is 24.5. The standard InChI is InChI=1S/C31H33Cl3N2O3/c1-20-14-25(15-21(2)30(20)34)39-19-29(37)36(18-23-12-13-26(32)27(33)16-23)28(17-22-8-4-3-5-9-22)31(38)35-24-10-6-7-11-24/h3-5,8-9,12-16,24,28H,6-7,10-11,17-19H2,1-2H3,(H,35,38). The fourth-order valence-corrected chi connectivity index (χ4v) is 5.40. The molecule has 5 nitrogen and oxygen atoms in total. The molecule has 0 aliphatic heterocycles. The number of aryl methyl sites for hydroxylation is 2. The summed E-state index contributed by atoms with van der Waals surface area (Å²) in [7, 11) is 0. The molecule has 206 valence electrons. The fraction of sp³-hybridized carbons (Fsp3) is 0.355. The summed E-state index contributed by atoms with van der Waals surface area (Å²) >= 11 is 18.7. The Morgan fingerprint density at radius 3 is 2.23 bits per heavy atom. The molecule has 3 aromatic carbocycles. The molecule has 1 atom stereocenters. The van der Waals surface area contributed by atoms with Gasteiger partial charge in [0.15, 0.2) is 6.61 Å². The first-order valence-electron chi connectivity index (χ1n) is 13.2. The summed E-state index contributed by atoms with van der Waals surface area (Å²) < 4.78 is 5.93. The molecule has 0 bridgehead atoms. The van der Waals surface area contributed by atoms with Crippen molar-refractivity contribution in [3.8, 4) is 5.75 Å². The number of carbonyl (C=O) groups excluding carboxylic acids is 2. The molecule has 0 radical (unpaired) electrons. The Kier molecular flexibility index (Phi) is 10.2. The molecule has 3 aromatic rings. The summed E-state index contributed by atoms with van der Waals surface area (Å²) in [6.07, 6.45) is 4.44. The van der Waals surface area contributed by atoms with Gasteiger partial charge in [0.05, 0.1) is 10.0 Å². The number of benzene rings is 3. The molecule has 1 N–H and O–H groups in total. The van der Waals surface area contributed by atoms with Crippen molar-refractivity contribution in [2.24, 2.45) is 0 Å². The summed E-state index contributed by atoms with van der Waals surface area (Å²) in [6, 6.07) is 18.0. The Labute approximate surface area is 245 Å². The number of nitrogens with one attached hydrogen (secondary N) is 1. The zero-order valence-electron chi connectivity index (χ0n) is 22.2. The van der Waals surface area contributed by atoms with E-state index in [0.717, 1.165) is 47.9 Å². The SMILES string of the molecule is Cc1cc(OCC(=O)N(Cc2ccc(Cl)c(Cl)c2)C(Cc2ccccc2)C(=O)NC2CCCC2)cc(C)c1Cl. The molecule has 0 aromatic heterocycles. The molecular weight excluding hydrogens is 555 g/mol. The van der Waals surface area contributed by atoms with Crippen LogP contribution in [0.5, 0.6) is 5.75 Å². The topological polar surface area (TPSA) is 58.6 Å². The van der Waals surface area contributed by atoms with E-state index in [-0.39, 0.29) is 31.0 Å². The normalized spacial score (nSPS) is 14.2. The Hall–Kier alpha value is -2.73. The second-order valence-electron chi connectivity index (χ2n) is 10.1. The molecule has 0 saturated heterocycles. The first-order valence-corrected chi connectivity index (χ1v) is 14.3. The largest absolute Gasteiger partial charge is 0.484 e. The lowest BCUT2D eigenvalue weighted by Gasteiger charge is -2.32. The van der Waals surface area contributed by atoms with Gasteiger partial charge in [0.25, 0.3) is 5.91 Å². The van der Waals surface area contributed by atoms with Gasteiger partial charge in [-0.05, 0) is 73.2 Å². The summed E-state index contributed by atoms with van der Waals surface area (Å²) in [5, 5.41) is 4.68. The third-order valence-corrected chi connectivity index (χ3v) is 8.42. The van der Waals surface area contributed by atoms with E-state index in [1.165, 1.54) is 0 Å². The van der Waals surface area contributed by atoms with Gasteiger partial charge >= 0.3 is 0 Å². The van der Waals surface area contributed by atoms with Gasteiger partial charge in [0.1, 0.15) is 11.8 Å². The van der Waals surface area contributed by atoms with Gasteiger partial charge in [-0.15, -0.1) is 0 Å². The van der Waals surface area contributed by atoms with E-state index < -0.39 is 6.04 Å². The van der Waals surface area contributed by atoms with E-state index in [9.17, 15) is 9.59 Å². The number of hydrogen-bond acceptors (Lipinski definition) is 3. The number of halogens is 3. The average molecular weight is 588 g/mol. The molecular formula is C31H33Cl3N2O3. The number of nitrogens with zero attached hydrogens (tertiary/aromatic N) is 1. The Bertz CT molecular complexity index is 1290. The molecule has 1 aliphatic rings. The van der Waals surface area contributed by atoms with Gasteiger partial charge in [-0.1, -0.05) is 84.0 Å². The van der Waals surface area contributed by atoms with Crippen LogP contribution >= 0.6 is 34.8 Å². The maximum absolute atomic E-state index is 13.8. The van der Waals surface area contributed by atoms with E-state index >= 15 is 0 Å². The minimum atomic E-state index is -0.743. The lowest BCUT2D eigenvalue weighted by atomic mass is 10.0. The summed E-state index contributed by atoms with van der Waals surface area (Å²) in [5.74, 6) is 0.0680. The van der Waals surface area contributed by atoms with Crippen LogP contribution in [0.25, 0.3) is 0 Å². The van der Waals surface area contributed by atoms with Crippen molar-refractivity contribution in [1.82, 2.24) is 10.2 Å². The van der Waals surface area contributed by atoms with Crippen molar-refractivity contribution in [3.63, 3.8) is 0 Å². The molecule has 0 heterocycles. The second kappa shape index (κ2) is 13.6. The average Bonchev–Trinajstić information content (AvgIpc) is 3.43. The second-order valence-corrected chi connectivity index (χ2v) is 11.3. The Morgan fingerprint density at radius 2 is 1.59 bits per heavy atom. The van der Waals surface area contributed by atoms with Crippen molar-refractivity contribution < 1.29 is 14.3 Å². The summed E-state index contributed by atoms with van der Waals surface area (Å²) in [6.45, 7) is 3.73. The highest BCUT2D eigenvalue weighted by molar-refractivity contribution is 6.42.